The second kappa shape index (κ2) is 11.1. The maximum atomic E-state index is 13.2. The van der Waals surface area contributed by atoms with E-state index in [1.807, 2.05) is 0 Å². The van der Waals surface area contributed by atoms with Crippen LogP contribution >= 0.6 is 0 Å². The molecule has 188 valence electrons. The molecule has 1 atom stereocenters. The number of H-pyrrole nitrogens is 1. The molecule has 2 aromatic rings. The highest BCUT2D eigenvalue weighted by molar-refractivity contribution is 6.00. The molecule has 1 fully saturated rings. The number of esters is 1. The number of hydrogen-bond donors (Lipinski definition) is 2. The molecule has 2 N–H and O–H groups in total. The van der Waals surface area contributed by atoms with Crippen molar-refractivity contribution < 1.29 is 19.1 Å². The van der Waals surface area contributed by atoms with Gasteiger partial charge in [-0.2, -0.15) is 0 Å². The molecule has 0 bridgehead atoms. The SMILES string of the molecule is COC(=O)c1c(C)[nH]c(C(=O)N2CCCC(C(=O)NCCCN3CCc4ccccc4C3)C2)c1C. The van der Waals surface area contributed by atoms with E-state index < -0.39 is 5.97 Å². The predicted octanol–water partition coefficient (Wildman–Crippen LogP) is 2.83. The Morgan fingerprint density at radius 2 is 1.91 bits per heavy atom. The number of amides is 2. The summed E-state index contributed by atoms with van der Waals surface area (Å²) in [5, 5.41) is 3.08. The number of fused-ring (bicyclic) bond motifs is 1. The van der Waals surface area contributed by atoms with Gasteiger partial charge in [0.2, 0.25) is 5.91 Å². The van der Waals surface area contributed by atoms with Crippen LogP contribution in [0.1, 0.15) is 62.5 Å². The van der Waals surface area contributed by atoms with E-state index in [-0.39, 0.29) is 17.7 Å². The van der Waals surface area contributed by atoms with E-state index in [9.17, 15) is 14.4 Å². The molecule has 8 heteroatoms. The Balaban J connectivity index is 1.26. The van der Waals surface area contributed by atoms with Crippen LogP contribution < -0.4 is 5.32 Å². The summed E-state index contributed by atoms with van der Waals surface area (Å²) in [5.74, 6) is -0.837. The molecule has 0 aliphatic carbocycles. The first-order valence-corrected chi connectivity index (χ1v) is 12.5. The van der Waals surface area contributed by atoms with E-state index >= 15 is 0 Å². The second-order valence-corrected chi connectivity index (χ2v) is 9.65. The molecule has 0 saturated carbocycles. The highest BCUT2D eigenvalue weighted by Gasteiger charge is 2.31. The minimum Gasteiger partial charge on any atom is -0.465 e. The van der Waals surface area contributed by atoms with E-state index in [0.29, 0.717) is 42.1 Å². The van der Waals surface area contributed by atoms with E-state index in [4.69, 9.17) is 4.74 Å². The number of ether oxygens (including phenoxy) is 1. The zero-order valence-electron chi connectivity index (χ0n) is 21.0. The summed E-state index contributed by atoms with van der Waals surface area (Å²) >= 11 is 0. The molecule has 1 unspecified atom stereocenters. The highest BCUT2D eigenvalue weighted by Crippen LogP contribution is 2.24. The number of likely N-dealkylation sites (tertiary alicyclic amines) is 1. The van der Waals surface area contributed by atoms with Crippen LogP contribution in [0.15, 0.2) is 24.3 Å². The molecule has 3 heterocycles. The number of carbonyl (C=O) groups excluding carboxylic acids is 3. The number of aryl methyl sites for hydroxylation is 1. The monoisotopic (exact) mass is 480 g/mol. The average Bonchev–Trinajstić information content (AvgIpc) is 3.19. The third-order valence-corrected chi connectivity index (χ3v) is 7.28. The number of benzene rings is 1. The molecule has 1 aromatic heterocycles. The Morgan fingerprint density at radius 3 is 2.69 bits per heavy atom. The first-order valence-electron chi connectivity index (χ1n) is 12.5. The summed E-state index contributed by atoms with van der Waals surface area (Å²) in [6.07, 6.45) is 3.53. The third-order valence-electron chi connectivity index (χ3n) is 7.28. The van der Waals surface area contributed by atoms with Gasteiger partial charge in [-0.3, -0.25) is 14.5 Å². The molecule has 35 heavy (non-hydrogen) atoms. The van der Waals surface area contributed by atoms with Gasteiger partial charge in [0.15, 0.2) is 0 Å². The molecule has 0 spiro atoms. The second-order valence-electron chi connectivity index (χ2n) is 9.65. The first kappa shape index (κ1) is 25.0. The van der Waals surface area contributed by atoms with Gasteiger partial charge in [-0.05, 0) is 56.2 Å². The minimum atomic E-state index is -0.458. The quantitative estimate of drug-likeness (QED) is 0.469. The molecule has 0 radical (unpaired) electrons. The highest BCUT2D eigenvalue weighted by atomic mass is 16.5. The number of nitrogens with one attached hydrogen (secondary N) is 2. The van der Waals surface area contributed by atoms with Crippen molar-refractivity contribution in [1.29, 1.82) is 0 Å². The normalized spacial score (nSPS) is 18.1. The number of aromatic amines is 1. The van der Waals surface area contributed by atoms with Crippen molar-refractivity contribution in [3.63, 3.8) is 0 Å². The molecule has 1 aromatic carbocycles. The van der Waals surface area contributed by atoms with Crippen LogP contribution in [0.3, 0.4) is 0 Å². The largest absolute Gasteiger partial charge is 0.465 e. The smallest absolute Gasteiger partial charge is 0.339 e. The molecular weight excluding hydrogens is 444 g/mol. The lowest BCUT2D eigenvalue weighted by Gasteiger charge is -2.32. The van der Waals surface area contributed by atoms with Crippen molar-refractivity contribution in [2.45, 2.75) is 46.1 Å². The Hall–Kier alpha value is -3.13. The van der Waals surface area contributed by atoms with Gasteiger partial charge < -0.3 is 19.9 Å². The van der Waals surface area contributed by atoms with Gasteiger partial charge in [0, 0.05) is 45.0 Å². The average molecular weight is 481 g/mol. The zero-order valence-corrected chi connectivity index (χ0v) is 21.0. The van der Waals surface area contributed by atoms with Crippen LogP contribution in [0.2, 0.25) is 0 Å². The van der Waals surface area contributed by atoms with Gasteiger partial charge in [0.1, 0.15) is 5.69 Å². The lowest BCUT2D eigenvalue weighted by molar-refractivity contribution is -0.126. The topological polar surface area (TPSA) is 94.7 Å². The van der Waals surface area contributed by atoms with E-state index in [1.54, 1.807) is 18.7 Å². The van der Waals surface area contributed by atoms with E-state index in [1.165, 1.54) is 18.2 Å². The predicted molar refractivity (Wildman–Crippen MR) is 133 cm³/mol. The molecular formula is C27H36N4O4. The summed E-state index contributed by atoms with van der Waals surface area (Å²) in [6, 6.07) is 8.61. The summed E-state index contributed by atoms with van der Waals surface area (Å²) < 4.78 is 4.85. The van der Waals surface area contributed by atoms with Crippen molar-refractivity contribution in [2.24, 2.45) is 5.92 Å². The van der Waals surface area contributed by atoms with Gasteiger partial charge in [-0.1, -0.05) is 24.3 Å². The number of nitrogens with zero attached hydrogens (tertiary/aromatic N) is 2. The molecule has 8 nitrogen and oxygen atoms in total. The van der Waals surface area contributed by atoms with Crippen molar-refractivity contribution in [3.8, 4) is 0 Å². The first-order chi connectivity index (χ1) is 16.9. The molecule has 1 saturated heterocycles. The molecule has 2 aliphatic heterocycles. The lowest BCUT2D eigenvalue weighted by atomic mass is 9.96. The third kappa shape index (κ3) is 5.59. The summed E-state index contributed by atoms with van der Waals surface area (Å²) in [5.41, 5.74) is 4.85. The van der Waals surface area contributed by atoms with Crippen molar-refractivity contribution in [3.05, 3.63) is 57.9 Å². The van der Waals surface area contributed by atoms with Gasteiger partial charge in [0.25, 0.3) is 5.91 Å². The fourth-order valence-corrected chi connectivity index (χ4v) is 5.31. The summed E-state index contributed by atoms with van der Waals surface area (Å²) in [7, 11) is 1.33. The number of hydrogen-bond acceptors (Lipinski definition) is 5. The molecule has 2 aliphatic rings. The van der Waals surface area contributed by atoms with E-state index in [2.05, 4.69) is 39.5 Å². The van der Waals surface area contributed by atoms with Crippen LogP contribution in [-0.2, 0) is 22.5 Å². The molecule has 2 amide bonds. The van der Waals surface area contributed by atoms with Crippen LogP contribution in [0.5, 0.6) is 0 Å². The van der Waals surface area contributed by atoms with Crippen LogP contribution in [-0.4, -0.2) is 72.4 Å². The van der Waals surface area contributed by atoms with Crippen LogP contribution in [0.4, 0.5) is 0 Å². The summed E-state index contributed by atoms with van der Waals surface area (Å²) in [4.78, 5) is 45.3. The fraction of sp³-hybridized carbons (Fsp3) is 0.519. The Bertz CT molecular complexity index is 1090. The van der Waals surface area contributed by atoms with Crippen LogP contribution in [0, 0.1) is 19.8 Å². The van der Waals surface area contributed by atoms with Gasteiger partial charge in [0.05, 0.1) is 18.6 Å². The lowest BCUT2D eigenvalue weighted by Crippen LogP contribution is -2.46. The number of aromatic nitrogens is 1. The van der Waals surface area contributed by atoms with Gasteiger partial charge in [-0.15, -0.1) is 0 Å². The maximum absolute atomic E-state index is 13.2. The summed E-state index contributed by atoms with van der Waals surface area (Å²) in [6.45, 7) is 8.11. The standard InChI is InChI=1S/C27H36N4O4/c1-18-23(27(34)35-3)19(2)29-24(18)26(33)31-14-6-10-22(17-31)25(32)28-12-7-13-30-15-11-20-8-4-5-9-21(20)16-30/h4-5,8-9,22,29H,6-7,10-17H2,1-3H3,(H,28,32). The van der Waals surface area contributed by atoms with Crippen molar-refractivity contribution in [1.82, 2.24) is 20.1 Å². The Kier molecular flexibility index (Phi) is 7.90. The van der Waals surface area contributed by atoms with Crippen LogP contribution in [0.25, 0.3) is 0 Å². The van der Waals surface area contributed by atoms with E-state index in [0.717, 1.165) is 45.3 Å². The van der Waals surface area contributed by atoms with Crippen molar-refractivity contribution in [2.75, 3.05) is 39.8 Å². The number of carbonyl (C=O) groups is 3. The van der Waals surface area contributed by atoms with Gasteiger partial charge >= 0.3 is 5.97 Å². The zero-order chi connectivity index (χ0) is 24.9. The molecule has 4 rings (SSSR count). The Morgan fingerprint density at radius 1 is 1.14 bits per heavy atom. The van der Waals surface area contributed by atoms with Crippen molar-refractivity contribution >= 4 is 17.8 Å². The number of rotatable bonds is 7. The minimum absolute atomic E-state index is 0.0149. The Labute approximate surface area is 207 Å². The van der Waals surface area contributed by atoms with Gasteiger partial charge in [-0.25, -0.2) is 4.79 Å². The number of methoxy groups -OCH3 is 1. The number of piperidine rings is 1. The fourth-order valence-electron chi connectivity index (χ4n) is 5.31. The maximum Gasteiger partial charge on any atom is 0.339 e.